The molecule has 0 aliphatic rings. The molecule has 1 aromatic carbocycles. The summed E-state index contributed by atoms with van der Waals surface area (Å²) in [5.41, 5.74) is 8.13. The van der Waals surface area contributed by atoms with Crippen LogP contribution in [0.25, 0.3) is 0 Å². The highest BCUT2D eigenvalue weighted by Crippen LogP contribution is 2.30. The van der Waals surface area contributed by atoms with E-state index in [1.54, 1.807) is 6.07 Å². The minimum Gasteiger partial charge on any atom is -0.348 e. The third kappa shape index (κ3) is 3.96. The third-order valence-corrected chi connectivity index (χ3v) is 4.30. The standard InChI is InChI=1S/C14H14Cl2N2OS/c15-12-7-11(13(16)20-12)14(19)18-8-10-3-1-9(2-4-10)5-6-17/h1-4,7H,5-6,8,17H2,(H,18,19). The number of amides is 1. The Morgan fingerprint density at radius 3 is 2.40 bits per heavy atom. The number of hydrogen-bond donors (Lipinski definition) is 2. The SMILES string of the molecule is NCCc1ccc(CNC(=O)c2cc(Cl)sc2Cl)cc1. The number of carbonyl (C=O) groups is 1. The van der Waals surface area contributed by atoms with Gasteiger partial charge in [0.25, 0.3) is 5.91 Å². The summed E-state index contributed by atoms with van der Waals surface area (Å²) in [6.07, 6.45) is 0.857. The van der Waals surface area contributed by atoms with Gasteiger partial charge in [0, 0.05) is 6.54 Å². The van der Waals surface area contributed by atoms with E-state index in [9.17, 15) is 4.79 Å². The third-order valence-electron chi connectivity index (χ3n) is 2.81. The quantitative estimate of drug-likeness (QED) is 0.882. The zero-order valence-corrected chi connectivity index (χ0v) is 13.0. The average Bonchev–Trinajstić information content (AvgIpc) is 2.77. The molecule has 0 saturated carbocycles. The van der Waals surface area contributed by atoms with Crippen LogP contribution in [0.5, 0.6) is 0 Å². The van der Waals surface area contributed by atoms with Crippen molar-refractivity contribution in [3.8, 4) is 0 Å². The van der Waals surface area contributed by atoms with Crippen LogP contribution in [-0.4, -0.2) is 12.5 Å². The van der Waals surface area contributed by atoms with E-state index >= 15 is 0 Å². The van der Waals surface area contributed by atoms with Gasteiger partial charge in [0.2, 0.25) is 0 Å². The van der Waals surface area contributed by atoms with Gasteiger partial charge in [-0.15, -0.1) is 11.3 Å². The summed E-state index contributed by atoms with van der Waals surface area (Å²) in [6.45, 7) is 1.08. The van der Waals surface area contributed by atoms with E-state index in [-0.39, 0.29) is 5.91 Å². The molecule has 0 atom stereocenters. The van der Waals surface area contributed by atoms with Crippen LogP contribution in [0.4, 0.5) is 0 Å². The lowest BCUT2D eigenvalue weighted by molar-refractivity contribution is 0.0951. The average molecular weight is 329 g/mol. The molecule has 1 amide bonds. The van der Waals surface area contributed by atoms with Crippen molar-refractivity contribution in [1.82, 2.24) is 5.32 Å². The summed E-state index contributed by atoms with van der Waals surface area (Å²) in [5, 5.41) is 2.82. The molecule has 0 unspecified atom stereocenters. The van der Waals surface area contributed by atoms with Gasteiger partial charge in [0.05, 0.1) is 9.90 Å². The van der Waals surface area contributed by atoms with Crippen molar-refractivity contribution >= 4 is 40.4 Å². The Hall–Kier alpha value is -1.07. The molecule has 20 heavy (non-hydrogen) atoms. The van der Waals surface area contributed by atoms with Gasteiger partial charge < -0.3 is 11.1 Å². The molecule has 106 valence electrons. The second-order valence-electron chi connectivity index (χ2n) is 4.28. The smallest absolute Gasteiger partial charge is 0.253 e. The molecule has 0 aliphatic carbocycles. The number of thiophene rings is 1. The second kappa shape index (κ2) is 7.09. The van der Waals surface area contributed by atoms with E-state index in [2.05, 4.69) is 5.32 Å². The van der Waals surface area contributed by atoms with Crippen LogP contribution in [-0.2, 0) is 13.0 Å². The summed E-state index contributed by atoms with van der Waals surface area (Å²) in [4.78, 5) is 12.0. The highest BCUT2D eigenvalue weighted by Gasteiger charge is 2.13. The van der Waals surface area contributed by atoms with E-state index in [1.807, 2.05) is 24.3 Å². The van der Waals surface area contributed by atoms with Crippen LogP contribution in [0.15, 0.2) is 30.3 Å². The van der Waals surface area contributed by atoms with Gasteiger partial charge in [-0.1, -0.05) is 47.5 Å². The number of carbonyl (C=O) groups excluding carboxylic acids is 1. The number of nitrogens with one attached hydrogen (secondary N) is 1. The van der Waals surface area contributed by atoms with E-state index in [1.165, 1.54) is 16.9 Å². The van der Waals surface area contributed by atoms with Gasteiger partial charge in [0.15, 0.2) is 0 Å². The van der Waals surface area contributed by atoms with Gasteiger partial charge in [-0.2, -0.15) is 0 Å². The zero-order chi connectivity index (χ0) is 14.5. The van der Waals surface area contributed by atoms with E-state index in [0.717, 1.165) is 12.0 Å². The van der Waals surface area contributed by atoms with Crippen molar-refractivity contribution in [3.63, 3.8) is 0 Å². The fourth-order valence-electron chi connectivity index (χ4n) is 1.76. The van der Waals surface area contributed by atoms with Crippen molar-refractivity contribution in [2.75, 3.05) is 6.54 Å². The first-order valence-corrected chi connectivity index (χ1v) is 7.68. The maximum Gasteiger partial charge on any atom is 0.253 e. The first kappa shape index (κ1) is 15.3. The van der Waals surface area contributed by atoms with E-state index < -0.39 is 0 Å². The highest BCUT2D eigenvalue weighted by molar-refractivity contribution is 7.20. The lowest BCUT2D eigenvalue weighted by Crippen LogP contribution is -2.22. The minimum absolute atomic E-state index is 0.218. The number of nitrogens with two attached hydrogens (primary N) is 1. The molecule has 3 nitrogen and oxygen atoms in total. The van der Waals surface area contributed by atoms with Gasteiger partial charge in [0.1, 0.15) is 4.34 Å². The summed E-state index contributed by atoms with van der Waals surface area (Å²) in [6, 6.07) is 9.57. The Morgan fingerprint density at radius 2 is 1.85 bits per heavy atom. The first-order chi connectivity index (χ1) is 9.60. The van der Waals surface area contributed by atoms with Crippen molar-refractivity contribution in [3.05, 3.63) is 55.7 Å². The van der Waals surface area contributed by atoms with Crippen LogP contribution >= 0.6 is 34.5 Å². The van der Waals surface area contributed by atoms with Crippen LogP contribution in [0.1, 0.15) is 21.5 Å². The monoisotopic (exact) mass is 328 g/mol. The molecule has 0 saturated heterocycles. The van der Waals surface area contributed by atoms with E-state index in [0.29, 0.717) is 27.3 Å². The molecule has 1 heterocycles. The topological polar surface area (TPSA) is 55.1 Å². The molecular weight excluding hydrogens is 315 g/mol. The summed E-state index contributed by atoms with van der Waals surface area (Å²) < 4.78 is 0.914. The largest absolute Gasteiger partial charge is 0.348 e. The summed E-state index contributed by atoms with van der Waals surface area (Å²) in [5.74, 6) is -0.218. The summed E-state index contributed by atoms with van der Waals surface area (Å²) in [7, 11) is 0. The molecule has 0 spiro atoms. The molecule has 0 aliphatic heterocycles. The van der Waals surface area contributed by atoms with Crippen LogP contribution in [0.2, 0.25) is 8.67 Å². The number of rotatable bonds is 5. The molecule has 3 N–H and O–H groups in total. The Morgan fingerprint density at radius 1 is 1.20 bits per heavy atom. The molecule has 0 radical (unpaired) electrons. The van der Waals surface area contributed by atoms with Crippen molar-refractivity contribution in [2.24, 2.45) is 5.73 Å². The van der Waals surface area contributed by atoms with Crippen molar-refractivity contribution in [2.45, 2.75) is 13.0 Å². The summed E-state index contributed by atoms with van der Waals surface area (Å²) >= 11 is 12.9. The van der Waals surface area contributed by atoms with Crippen LogP contribution in [0.3, 0.4) is 0 Å². The molecule has 2 rings (SSSR count). The Balaban J connectivity index is 1.94. The molecular formula is C14H14Cl2N2OS. The molecule has 2 aromatic rings. The molecule has 0 bridgehead atoms. The fourth-order valence-corrected chi connectivity index (χ4v) is 3.22. The normalized spacial score (nSPS) is 10.6. The predicted molar refractivity (Wildman–Crippen MR) is 84.7 cm³/mol. The second-order valence-corrected chi connectivity index (χ2v) is 6.56. The van der Waals surface area contributed by atoms with Gasteiger partial charge >= 0.3 is 0 Å². The first-order valence-electron chi connectivity index (χ1n) is 6.11. The number of halogens is 2. The van der Waals surface area contributed by atoms with Crippen LogP contribution in [0, 0.1) is 0 Å². The maximum atomic E-state index is 12.0. The van der Waals surface area contributed by atoms with Crippen LogP contribution < -0.4 is 11.1 Å². The lowest BCUT2D eigenvalue weighted by atomic mass is 10.1. The zero-order valence-electron chi connectivity index (χ0n) is 10.7. The Bertz CT molecular complexity index is 596. The molecule has 6 heteroatoms. The van der Waals surface area contributed by atoms with E-state index in [4.69, 9.17) is 28.9 Å². The molecule has 1 aromatic heterocycles. The Kier molecular flexibility index (Phi) is 5.43. The fraction of sp³-hybridized carbons (Fsp3) is 0.214. The van der Waals surface area contributed by atoms with Gasteiger partial charge in [-0.3, -0.25) is 4.79 Å². The lowest BCUT2D eigenvalue weighted by Gasteiger charge is -2.06. The Labute approximate surface area is 131 Å². The minimum atomic E-state index is -0.218. The number of hydrogen-bond acceptors (Lipinski definition) is 3. The van der Waals surface area contributed by atoms with Crippen molar-refractivity contribution < 1.29 is 4.79 Å². The van der Waals surface area contributed by atoms with Gasteiger partial charge in [-0.05, 0) is 30.2 Å². The highest BCUT2D eigenvalue weighted by atomic mass is 35.5. The van der Waals surface area contributed by atoms with Crippen molar-refractivity contribution in [1.29, 1.82) is 0 Å². The predicted octanol–water partition coefficient (Wildman–Crippen LogP) is 3.49. The van der Waals surface area contributed by atoms with Gasteiger partial charge in [-0.25, -0.2) is 0 Å². The molecule has 0 fully saturated rings. The number of benzene rings is 1. The maximum absolute atomic E-state index is 12.0.